The molecule has 80 valence electrons. The number of nitrogens with zero attached hydrogens (tertiary/aromatic N) is 1. The van der Waals surface area contributed by atoms with E-state index in [0.29, 0.717) is 0 Å². The molecule has 14 heavy (non-hydrogen) atoms. The highest BCUT2D eigenvalue weighted by Crippen LogP contribution is 2.37. The summed E-state index contributed by atoms with van der Waals surface area (Å²) < 4.78 is 0. The Bertz CT molecular complexity index is 247. The number of likely N-dealkylation sites (tertiary alicyclic amines) is 1. The summed E-state index contributed by atoms with van der Waals surface area (Å²) in [6.07, 6.45) is 2.08. The van der Waals surface area contributed by atoms with Gasteiger partial charge in [0.2, 0.25) is 5.91 Å². The van der Waals surface area contributed by atoms with Crippen LogP contribution in [0.4, 0.5) is 0 Å². The molecule has 0 bridgehead atoms. The van der Waals surface area contributed by atoms with E-state index in [0.717, 1.165) is 32.5 Å². The van der Waals surface area contributed by atoms with Gasteiger partial charge in [0.05, 0.1) is 5.41 Å². The second-order valence-electron chi connectivity index (χ2n) is 5.62. The van der Waals surface area contributed by atoms with Gasteiger partial charge in [-0.15, -0.1) is 0 Å². The van der Waals surface area contributed by atoms with E-state index in [-0.39, 0.29) is 16.9 Å². The van der Waals surface area contributed by atoms with Crippen LogP contribution in [-0.4, -0.2) is 36.0 Å². The number of hydrogen-bond acceptors (Lipinski definition) is 2. The average molecular weight is 196 g/mol. The topological polar surface area (TPSA) is 32.3 Å². The Kier molecular flexibility index (Phi) is 2.11. The summed E-state index contributed by atoms with van der Waals surface area (Å²) in [6, 6.07) is 0. The monoisotopic (exact) mass is 196 g/mol. The van der Waals surface area contributed by atoms with Crippen LogP contribution < -0.4 is 5.32 Å². The average Bonchev–Trinajstić information content (AvgIpc) is 2.14. The van der Waals surface area contributed by atoms with Crippen molar-refractivity contribution < 1.29 is 4.79 Å². The molecule has 0 saturated carbocycles. The number of carbonyl (C=O) groups is 1. The Morgan fingerprint density at radius 2 is 1.86 bits per heavy atom. The Hall–Kier alpha value is -0.570. The van der Waals surface area contributed by atoms with Gasteiger partial charge in [0, 0.05) is 12.1 Å². The fourth-order valence-corrected chi connectivity index (χ4v) is 2.42. The Morgan fingerprint density at radius 1 is 1.29 bits per heavy atom. The first-order chi connectivity index (χ1) is 6.44. The summed E-state index contributed by atoms with van der Waals surface area (Å²) in [6.45, 7) is 9.77. The first-order valence-electron chi connectivity index (χ1n) is 5.47. The molecule has 0 aromatic rings. The Morgan fingerprint density at radius 3 is 2.14 bits per heavy atom. The SMILES string of the molecule is CC(C)(C)N1CCC2(CC1)CNC2=O. The van der Waals surface area contributed by atoms with Gasteiger partial charge in [-0.2, -0.15) is 0 Å². The van der Waals surface area contributed by atoms with E-state index in [1.807, 2.05) is 0 Å². The molecule has 3 heteroatoms. The summed E-state index contributed by atoms with van der Waals surface area (Å²) >= 11 is 0. The minimum absolute atomic E-state index is 0.0156. The summed E-state index contributed by atoms with van der Waals surface area (Å²) in [5.41, 5.74) is 0.267. The normalized spacial score (nSPS) is 27.2. The van der Waals surface area contributed by atoms with Gasteiger partial charge in [-0.05, 0) is 46.7 Å². The molecule has 2 heterocycles. The number of amides is 1. The smallest absolute Gasteiger partial charge is 0.228 e. The third-order valence-corrected chi connectivity index (χ3v) is 3.74. The third-order valence-electron chi connectivity index (χ3n) is 3.74. The van der Waals surface area contributed by atoms with E-state index in [9.17, 15) is 4.79 Å². The molecule has 2 rings (SSSR count). The number of rotatable bonds is 0. The van der Waals surface area contributed by atoms with E-state index < -0.39 is 0 Å². The van der Waals surface area contributed by atoms with Crippen molar-refractivity contribution >= 4 is 5.91 Å². The van der Waals surface area contributed by atoms with Crippen LogP contribution in [0.15, 0.2) is 0 Å². The number of carbonyl (C=O) groups excluding carboxylic acids is 1. The molecule has 1 spiro atoms. The van der Waals surface area contributed by atoms with Gasteiger partial charge in [-0.3, -0.25) is 9.69 Å². The molecule has 2 aliphatic rings. The maximum absolute atomic E-state index is 11.4. The molecule has 1 N–H and O–H groups in total. The predicted octanol–water partition coefficient (Wildman–Crippen LogP) is 0.997. The number of hydrogen-bond donors (Lipinski definition) is 1. The van der Waals surface area contributed by atoms with Gasteiger partial charge in [0.15, 0.2) is 0 Å². The number of nitrogens with one attached hydrogen (secondary N) is 1. The summed E-state index contributed by atoms with van der Waals surface area (Å²) in [7, 11) is 0. The van der Waals surface area contributed by atoms with Crippen molar-refractivity contribution in [1.82, 2.24) is 10.2 Å². The van der Waals surface area contributed by atoms with Crippen LogP contribution in [0.2, 0.25) is 0 Å². The molecule has 1 amide bonds. The zero-order valence-electron chi connectivity index (χ0n) is 9.39. The molecule has 2 saturated heterocycles. The molecule has 0 radical (unpaired) electrons. The van der Waals surface area contributed by atoms with Crippen LogP contribution in [0.1, 0.15) is 33.6 Å². The molecule has 3 nitrogen and oxygen atoms in total. The van der Waals surface area contributed by atoms with E-state index in [1.54, 1.807) is 0 Å². The van der Waals surface area contributed by atoms with Crippen LogP contribution in [0.25, 0.3) is 0 Å². The summed E-state index contributed by atoms with van der Waals surface area (Å²) in [5.74, 6) is 0.283. The largest absolute Gasteiger partial charge is 0.354 e. The molecule has 0 aromatic carbocycles. The van der Waals surface area contributed by atoms with Gasteiger partial charge in [0.1, 0.15) is 0 Å². The second-order valence-corrected chi connectivity index (χ2v) is 5.62. The number of piperidine rings is 1. The van der Waals surface area contributed by atoms with Crippen molar-refractivity contribution in [2.75, 3.05) is 19.6 Å². The number of β-lactam (4-membered cyclic amide) rings is 1. The molecule has 2 aliphatic heterocycles. The van der Waals surface area contributed by atoms with Crippen molar-refractivity contribution in [1.29, 1.82) is 0 Å². The standard InChI is InChI=1S/C11H20N2O/c1-10(2,3)13-6-4-11(5-7-13)8-12-9(11)14/h4-8H2,1-3H3,(H,12,14). The van der Waals surface area contributed by atoms with Gasteiger partial charge in [-0.25, -0.2) is 0 Å². The highest BCUT2D eigenvalue weighted by atomic mass is 16.2. The Balaban J connectivity index is 1.96. The molecule has 2 fully saturated rings. The lowest BCUT2D eigenvalue weighted by atomic mass is 9.72. The highest BCUT2D eigenvalue weighted by molar-refractivity contribution is 5.88. The van der Waals surface area contributed by atoms with Crippen LogP contribution in [0.5, 0.6) is 0 Å². The fraction of sp³-hybridized carbons (Fsp3) is 0.909. The minimum atomic E-state index is 0.0156. The highest BCUT2D eigenvalue weighted by Gasteiger charge is 2.48. The third kappa shape index (κ3) is 1.44. The van der Waals surface area contributed by atoms with Gasteiger partial charge >= 0.3 is 0 Å². The first kappa shape index (κ1) is 9.97. The van der Waals surface area contributed by atoms with Crippen LogP contribution in [0, 0.1) is 5.41 Å². The van der Waals surface area contributed by atoms with Crippen molar-refractivity contribution in [3.8, 4) is 0 Å². The van der Waals surface area contributed by atoms with Crippen LogP contribution in [0.3, 0.4) is 0 Å². The quantitative estimate of drug-likeness (QED) is 0.586. The molecule has 0 aromatic heterocycles. The first-order valence-corrected chi connectivity index (χ1v) is 5.47. The zero-order valence-corrected chi connectivity index (χ0v) is 9.39. The van der Waals surface area contributed by atoms with Gasteiger partial charge in [-0.1, -0.05) is 0 Å². The van der Waals surface area contributed by atoms with E-state index in [4.69, 9.17) is 0 Å². The van der Waals surface area contributed by atoms with Crippen molar-refractivity contribution in [3.63, 3.8) is 0 Å². The molecule has 0 atom stereocenters. The molecular weight excluding hydrogens is 176 g/mol. The fourth-order valence-electron chi connectivity index (χ4n) is 2.42. The molecule has 0 aliphatic carbocycles. The van der Waals surface area contributed by atoms with Gasteiger partial charge in [0.25, 0.3) is 0 Å². The maximum atomic E-state index is 11.4. The van der Waals surface area contributed by atoms with E-state index >= 15 is 0 Å². The zero-order chi connectivity index (χ0) is 10.4. The molecule has 0 unspecified atom stereocenters. The second kappa shape index (κ2) is 2.96. The maximum Gasteiger partial charge on any atom is 0.228 e. The van der Waals surface area contributed by atoms with E-state index in [1.165, 1.54) is 0 Å². The van der Waals surface area contributed by atoms with E-state index in [2.05, 4.69) is 31.0 Å². The van der Waals surface area contributed by atoms with Crippen molar-refractivity contribution in [2.45, 2.75) is 39.2 Å². The summed E-state index contributed by atoms with van der Waals surface area (Å²) in [4.78, 5) is 13.9. The lowest BCUT2D eigenvalue weighted by Crippen LogP contribution is -2.64. The predicted molar refractivity (Wildman–Crippen MR) is 56.0 cm³/mol. The molecular formula is C11H20N2O. The Labute approximate surface area is 85.8 Å². The minimum Gasteiger partial charge on any atom is -0.354 e. The van der Waals surface area contributed by atoms with Crippen LogP contribution in [-0.2, 0) is 4.79 Å². The van der Waals surface area contributed by atoms with Crippen molar-refractivity contribution in [3.05, 3.63) is 0 Å². The lowest BCUT2D eigenvalue weighted by Gasteiger charge is -2.49. The lowest BCUT2D eigenvalue weighted by molar-refractivity contribution is -0.145. The van der Waals surface area contributed by atoms with Gasteiger partial charge < -0.3 is 5.32 Å². The van der Waals surface area contributed by atoms with Crippen molar-refractivity contribution in [2.24, 2.45) is 5.41 Å². The summed E-state index contributed by atoms with van der Waals surface area (Å²) in [5, 5.41) is 2.87. The van der Waals surface area contributed by atoms with Crippen LogP contribution >= 0.6 is 0 Å².